The number of hydrogen-bond donors (Lipinski definition) is 1. The highest BCUT2D eigenvalue weighted by Crippen LogP contribution is 2.39. The van der Waals surface area contributed by atoms with Crippen LogP contribution >= 0.6 is 0 Å². The Morgan fingerprint density at radius 1 is 0.952 bits per heavy atom. The predicted molar refractivity (Wildman–Crippen MR) is 155 cm³/mol. The Hall–Kier alpha value is -5.52. The maximum absolute atomic E-state index is 15.2. The molecule has 0 unspecified atom stereocenters. The second kappa shape index (κ2) is 12.3. The summed E-state index contributed by atoms with van der Waals surface area (Å²) >= 11 is 0. The third-order valence-electron chi connectivity index (χ3n) is 6.19. The van der Waals surface area contributed by atoms with Gasteiger partial charge in [-0.2, -0.15) is 0 Å². The van der Waals surface area contributed by atoms with Gasteiger partial charge >= 0.3 is 5.69 Å². The van der Waals surface area contributed by atoms with Gasteiger partial charge in [0.2, 0.25) is 0 Å². The molecule has 1 heterocycles. The van der Waals surface area contributed by atoms with E-state index in [1.165, 1.54) is 45.5 Å². The normalized spacial score (nSPS) is 11.1. The molecule has 42 heavy (non-hydrogen) atoms. The lowest BCUT2D eigenvalue weighted by molar-refractivity contribution is 0.102. The van der Waals surface area contributed by atoms with E-state index < -0.39 is 34.4 Å². The average molecular weight is 577 g/mol. The Kier molecular flexibility index (Phi) is 8.65. The Morgan fingerprint density at radius 3 is 2.21 bits per heavy atom. The summed E-state index contributed by atoms with van der Waals surface area (Å²) in [5, 5.41) is 2.46. The van der Waals surface area contributed by atoms with Crippen molar-refractivity contribution in [3.8, 4) is 22.9 Å². The Morgan fingerprint density at radius 2 is 1.62 bits per heavy atom. The van der Waals surface area contributed by atoms with Crippen LogP contribution in [0.3, 0.4) is 0 Å². The van der Waals surface area contributed by atoms with Crippen LogP contribution in [0, 0.1) is 11.6 Å². The first-order chi connectivity index (χ1) is 20.1. The molecule has 0 aliphatic heterocycles. The average Bonchev–Trinajstić information content (AvgIpc) is 2.98. The zero-order valence-electron chi connectivity index (χ0n) is 23.1. The minimum atomic E-state index is -0.929. The fourth-order valence-electron chi connectivity index (χ4n) is 4.09. The van der Waals surface area contributed by atoms with E-state index in [2.05, 4.69) is 17.0 Å². The van der Waals surface area contributed by atoms with Gasteiger partial charge in [-0.1, -0.05) is 0 Å². The molecule has 0 saturated heterocycles. The highest BCUT2D eigenvalue weighted by Gasteiger charge is 2.20. The number of halogens is 2. The molecule has 0 saturated carbocycles. The third kappa shape index (κ3) is 5.82. The van der Waals surface area contributed by atoms with Crippen LogP contribution in [0.15, 0.2) is 81.5 Å². The van der Waals surface area contributed by atoms with Crippen molar-refractivity contribution in [2.75, 3.05) is 19.5 Å². The maximum atomic E-state index is 15.2. The van der Waals surface area contributed by atoms with E-state index in [-0.39, 0.29) is 22.9 Å². The number of aromatic nitrogens is 2. The van der Waals surface area contributed by atoms with Crippen molar-refractivity contribution in [3.05, 3.63) is 110 Å². The molecule has 216 valence electrons. The molecule has 1 amide bonds. The Balaban J connectivity index is 1.61. The van der Waals surface area contributed by atoms with Crippen LogP contribution in [-0.2, 0) is 7.05 Å². The van der Waals surface area contributed by atoms with Crippen molar-refractivity contribution < 1.29 is 27.8 Å². The number of methoxy groups -OCH3 is 2. The lowest BCUT2D eigenvalue weighted by Crippen LogP contribution is -2.41. The van der Waals surface area contributed by atoms with Crippen molar-refractivity contribution in [2.45, 2.75) is 6.92 Å². The van der Waals surface area contributed by atoms with Crippen LogP contribution in [0.4, 0.5) is 20.2 Å². The number of benzene rings is 3. The van der Waals surface area contributed by atoms with Gasteiger partial charge in [-0.3, -0.25) is 14.6 Å². The minimum Gasteiger partial charge on any atom is -0.493 e. The molecule has 0 bridgehead atoms. The van der Waals surface area contributed by atoms with Crippen molar-refractivity contribution >= 4 is 29.8 Å². The van der Waals surface area contributed by atoms with Gasteiger partial charge < -0.3 is 24.1 Å². The summed E-state index contributed by atoms with van der Waals surface area (Å²) in [5.41, 5.74) is -1.08. The van der Waals surface area contributed by atoms with E-state index in [1.807, 2.05) is 0 Å². The van der Waals surface area contributed by atoms with E-state index in [1.54, 1.807) is 25.1 Å². The molecule has 4 rings (SSSR count). The SMILES string of the molecule is C=Nc1cc(OC)c(OC)cc1/C(=C\C)Oc1ccc(NC(=O)c2cn(C)c(=O)n(-c3ccc(F)cc3)c2=O)cc1F. The molecule has 12 heteroatoms. The van der Waals surface area contributed by atoms with Gasteiger partial charge in [-0.25, -0.2) is 18.1 Å². The second-order valence-corrected chi connectivity index (χ2v) is 8.79. The van der Waals surface area contributed by atoms with Gasteiger partial charge in [0.25, 0.3) is 11.5 Å². The molecule has 1 N–H and O–H groups in total. The topological polar surface area (TPSA) is 113 Å². The monoisotopic (exact) mass is 576 g/mol. The number of allylic oxidation sites excluding steroid dienone is 1. The number of aliphatic imine (C=N–C) groups is 1. The summed E-state index contributed by atoms with van der Waals surface area (Å²) in [7, 11) is 4.31. The molecule has 10 nitrogen and oxygen atoms in total. The molecule has 0 fully saturated rings. The van der Waals surface area contributed by atoms with Crippen molar-refractivity contribution in [1.82, 2.24) is 9.13 Å². The van der Waals surface area contributed by atoms with Crippen molar-refractivity contribution in [2.24, 2.45) is 12.0 Å². The minimum absolute atomic E-state index is 0.0213. The molecular weight excluding hydrogens is 550 g/mol. The first kappa shape index (κ1) is 29.5. The van der Waals surface area contributed by atoms with Crippen LogP contribution in [-0.4, -0.2) is 36.0 Å². The quantitative estimate of drug-likeness (QED) is 0.225. The molecule has 3 aromatic carbocycles. The van der Waals surface area contributed by atoms with Crippen molar-refractivity contribution in [1.29, 1.82) is 0 Å². The molecule has 0 aliphatic carbocycles. The summed E-state index contributed by atoms with van der Waals surface area (Å²) in [6, 6.07) is 11.6. The fourth-order valence-corrected chi connectivity index (χ4v) is 4.09. The van der Waals surface area contributed by atoms with Gasteiger partial charge in [-0.05, 0) is 62.2 Å². The highest BCUT2D eigenvalue weighted by molar-refractivity contribution is 6.03. The van der Waals surface area contributed by atoms with E-state index >= 15 is 4.39 Å². The zero-order chi connectivity index (χ0) is 30.6. The number of nitrogens with one attached hydrogen (secondary N) is 1. The van der Waals surface area contributed by atoms with E-state index in [4.69, 9.17) is 14.2 Å². The highest BCUT2D eigenvalue weighted by atomic mass is 19.1. The van der Waals surface area contributed by atoms with Gasteiger partial charge in [0.05, 0.1) is 25.6 Å². The van der Waals surface area contributed by atoms with Crippen molar-refractivity contribution in [3.63, 3.8) is 0 Å². The third-order valence-corrected chi connectivity index (χ3v) is 6.19. The molecule has 0 radical (unpaired) electrons. The smallest absolute Gasteiger partial charge is 0.335 e. The lowest BCUT2D eigenvalue weighted by Gasteiger charge is -2.16. The van der Waals surface area contributed by atoms with Crippen LogP contribution in [0.1, 0.15) is 22.8 Å². The molecular formula is C30H26F2N4O6. The Labute approximate surface area is 238 Å². The summed E-state index contributed by atoms with van der Waals surface area (Å²) in [5.74, 6) is -1.35. The van der Waals surface area contributed by atoms with Gasteiger partial charge in [0.15, 0.2) is 23.1 Å². The van der Waals surface area contributed by atoms with E-state index in [9.17, 15) is 18.8 Å². The first-order valence-electron chi connectivity index (χ1n) is 12.4. The summed E-state index contributed by atoms with van der Waals surface area (Å²) in [6.07, 6.45) is 2.68. The number of anilines is 1. The largest absolute Gasteiger partial charge is 0.493 e. The molecule has 0 spiro atoms. The van der Waals surface area contributed by atoms with Crippen LogP contribution in [0.25, 0.3) is 11.4 Å². The Bertz CT molecular complexity index is 1830. The summed E-state index contributed by atoms with van der Waals surface area (Å²) in [6.45, 7) is 5.26. The van der Waals surface area contributed by atoms with Crippen LogP contribution in [0.2, 0.25) is 0 Å². The zero-order valence-corrected chi connectivity index (χ0v) is 23.1. The number of rotatable bonds is 9. The number of carbonyl (C=O) groups excluding carboxylic acids is 1. The number of amides is 1. The van der Waals surface area contributed by atoms with Crippen LogP contribution < -0.4 is 30.8 Å². The molecule has 0 atom stereocenters. The van der Waals surface area contributed by atoms with Gasteiger partial charge in [0, 0.05) is 36.6 Å². The molecule has 0 aliphatic rings. The maximum Gasteiger partial charge on any atom is 0.335 e. The number of aryl methyl sites for hydroxylation is 1. The standard InChI is InChI=1S/C30H26F2N4O6/c1-6-24(20-14-26(40-4)27(41-5)15-23(20)33-2)42-25-12-9-18(13-22(25)32)34-28(37)21-16-35(3)30(39)36(29(21)38)19-10-7-17(31)8-11-19/h6-16H,2H2,1,3-5H3,(H,34,37)/b24-6+. The summed E-state index contributed by atoms with van der Waals surface area (Å²) < 4.78 is 46.8. The van der Waals surface area contributed by atoms with E-state index in [0.29, 0.717) is 22.7 Å². The first-order valence-corrected chi connectivity index (χ1v) is 12.4. The molecule has 1 aromatic heterocycles. The summed E-state index contributed by atoms with van der Waals surface area (Å²) in [4.78, 5) is 42.7. The van der Waals surface area contributed by atoms with Gasteiger partial charge in [-0.15, -0.1) is 0 Å². The number of nitrogens with zero attached hydrogens (tertiary/aromatic N) is 3. The van der Waals surface area contributed by atoms with Crippen LogP contribution in [0.5, 0.6) is 17.2 Å². The number of carbonyl (C=O) groups is 1. The van der Waals surface area contributed by atoms with E-state index in [0.717, 1.165) is 33.5 Å². The number of ether oxygens (including phenoxy) is 3. The predicted octanol–water partition coefficient (Wildman–Crippen LogP) is 4.86. The lowest BCUT2D eigenvalue weighted by atomic mass is 10.1. The second-order valence-electron chi connectivity index (χ2n) is 8.79. The fraction of sp³-hybridized carbons (Fsp3) is 0.133. The molecule has 4 aromatic rings. The van der Waals surface area contributed by atoms with Gasteiger partial charge in [0.1, 0.15) is 17.1 Å². The number of hydrogen-bond acceptors (Lipinski definition) is 7.